The Morgan fingerprint density at radius 2 is 1.85 bits per heavy atom. The maximum absolute atomic E-state index is 13.6. The Bertz CT molecular complexity index is 1360. The number of aromatic nitrogens is 3. The molecule has 4 heterocycles. The van der Waals surface area contributed by atoms with E-state index >= 15 is 0 Å². The van der Waals surface area contributed by atoms with Crippen LogP contribution in [0, 0.1) is 0 Å². The van der Waals surface area contributed by atoms with Gasteiger partial charge >= 0.3 is 5.97 Å². The molecule has 7 heteroatoms. The van der Waals surface area contributed by atoms with E-state index in [2.05, 4.69) is 10.2 Å². The number of fused-ring (bicyclic) bond motifs is 2. The van der Waals surface area contributed by atoms with Crippen molar-refractivity contribution < 1.29 is 14.3 Å². The Balaban J connectivity index is 1.30. The van der Waals surface area contributed by atoms with Gasteiger partial charge in [-0.2, -0.15) is 0 Å². The molecule has 164 valence electrons. The van der Waals surface area contributed by atoms with Gasteiger partial charge in [0.25, 0.3) is 5.91 Å². The largest absolute Gasteiger partial charge is 0.454 e. The van der Waals surface area contributed by atoms with Crippen molar-refractivity contribution in [3.8, 4) is 0 Å². The average molecular weight is 438 g/mol. The normalized spacial score (nSPS) is 20.0. The molecule has 2 atom stereocenters. The van der Waals surface area contributed by atoms with E-state index in [-0.39, 0.29) is 24.0 Å². The summed E-state index contributed by atoms with van der Waals surface area (Å²) in [5, 5.41) is 8.64. The van der Waals surface area contributed by atoms with E-state index in [1.165, 1.54) is 0 Å². The number of cyclic esters (lactones) is 1. The molecule has 7 nitrogen and oxygen atoms in total. The highest BCUT2D eigenvalue weighted by atomic mass is 16.5. The number of ether oxygens (including phenoxy) is 1. The highest BCUT2D eigenvalue weighted by Gasteiger charge is 2.35. The molecule has 0 radical (unpaired) electrons. The summed E-state index contributed by atoms with van der Waals surface area (Å²) in [6.07, 6.45) is 3.88. The molecule has 2 aliphatic heterocycles. The summed E-state index contributed by atoms with van der Waals surface area (Å²) in [5.74, 6) is 0.378. The van der Waals surface area contributed by atoms with Crippen LogP contribution in [0.2, 0.25) is 0 Å². The summed E-state index contributed by atoms with van der Waals surface area (Å²) in [5.41, 5.74) is 3.67. The fraction of sp³-hybridized carbons (Fsp3) is 0.231. The quantitative estimate of drug-likeness (QED) is 0.449. The van der Waals surface area contributed by atoms with Crippen molar-refractivity contribution in [1.82, 2.24) is 19.5 Å². The Labute approximate surface area is 190 Å². The maximum atomic E-state index is 13.6. The summed E-state index contributed by atoms with van der Waals surface area (Å²) < 4.78 is 7.60. The van der Waals surface area contributed by atoms with Crippen LogP contribution in [0.3, 0.4) is 0 Å². The van der Waals surface area contributed by atoms with E-state index in [0.29, 0.717) is 24.1 Å². The molecule has 0 bridgehead atoms. The molecule has 2 aromatic heterocycles. The molecule has 0 aliphatic carbocycles. The second-order valence-electron chi connectivity index (χ2n) is 8.52. The highest BCUT2D eigenvalue weighted by molar-refractivity contribution is 5.98. The van der Waals surface area contributed by atoms with Gasteiger partial charge in [-0.1, -0.05) is 36.4 Å². The molecule has 1 saturated heterocycles. The summed E-state index contributed by atoms with van der Waals surface area (Å²) in [6, 6.07) is 20.6. The van der Waals surface area contributed by atoms with E-state index < -0.39 is 0 Å². The third kappa shape index (κ3) is 3.36. The molecule has 0 saturated carbocycles. The molecular formula is C26H22N4O3. The number of pyridine rings is 1. The summed E-state index contributed by atoms with van der Waals surface area (Å²) >= 11 is 0. The molecule has 4 aromatic rings. The van der Waals surface area contributed by atoms with E-state index in [9.17, 15) is 9.59 Å². The van der Waals surface area contributed by atoms with Crippen LogP contribution in [0.25, 0.3) is 5.65 Å². The number of hydrogen-bond donors (Lipinski definition) is 0. The smallest absolute Gasteiger partial charge is 0.339 e. The Kier molecular flexibility index (Phi) is 4.68. The number of benzene rings is 2. The van der Waals surface area contributed by atoms with Gasteiger partial charge in [-0.05, 0) is 54.3 Å². The topological polar surface area (TPSA) is 76.8 Å². The number of rotatable bonds is 3. The van der Waals surface area contributed by atoms with E-state index in [1.807, 2.05) is 70.1 Å². The first kappa shape index (κ1) is 19.7. The Morgan fingerprint density at radius 1 is 1.00 bits per heavy atom. The summed E-state index contributed by atoms with van der Waals surface area (Å²) in [7, 11) is 0. The number of likely N-dealkylation sites (tertiary alicyclic amines) is 1. The van der Waals surface area contributed by atoms with Crippen molar-refractivity contribution in [3.05, 3.63) is 101 Å². The first-order valence-corrected chi connectivity index (χ1v) is 11.2. The second kappa shape index (κ2) is 7.85. The van der Waals surface area contributed by atoms with Crippen molar-refractivity contribution in [2.75, 3.05) is 6.54 Å². The number of esters is 1. The SMILES string of the molecule is O=C1O[C@@H](c2ccccc2)Cc2cc(C(=O)N3CCC[C@@H]3c3nnc4ccccn34)ccc21. The second-order valence-corrected chi connectivity index (χ2v) is 8.52. The molecule has 2 aromatic carbocycles. The minimum atomic E-state index is -0.349. The first-order valence-electron chi connectivity index (χ1n) is 11.2. The minimum absolute atomic E-state index is 0.0526. The predicted octanol–water partition coefficient (Wildman–Crippen LogP) is 4.16. The van der Waals surface area contributed by atoms with Gasteiger partial charge in [0, 0.05) is 24.7 Å². The fourth-order valence-corrected chi connectivity index (χ4v) is 4.91. The lowest BCUT2D eigenvalue weighted by atomic mass is 9.93. The Morgan fingerprint density at radius 3 is 2.73 bits per heavy atom. The van der Waals surface area contributed by atoms with Gasteiger partial charge in [-0.3, -0.25) is 9.20 Å². The molecule has 33 heavy (non-hydrogen) atoms. The van der Waals surface area contributed by atoms with Crippen molar-refractivity contribution in [2.45, 2.75) is 31.4 Å². The van der Waals surface area contributed by atoms with Gasteiger partial charge < -0.3 is 9.64 Å². The molecule has 0 spiro atoms. The van der Waals surface area contributed by atoms with Gasteiger partial charge in [0.2, 0.25) is 0 Å². The van der Waals surface area contributed by atoms with Crippen LogP contribution in [0.1, 0.15) is 62.7 Å². The highest BCUT2D eigenvalue weighted by Crippen LogP contribution is 2.34. The fourth-order valence-electron chi connectivity index (χ4n) is 4.91. The molecule has 0 N–H and O–H groups in total. The van der Waals surface area contributed by atoms with Gasteiger partial charge in [0.05, 0.1) is 11.6 Å². The molecule has 1 fully saturated rings. The lowest BCUT2D eigenvalue weighted by Gasteiger charge is -2.27. The predicted molar refractivity (Wildman–Crippen MR) is 121 cm³/mol. The maximum Gasteiger partial charge on any atom is 0.339 e. The Hall–Kier alpha value is -4.00. The third-order valence-electron chi connectivity index (χ3n) is 6.55. The van der Waals surface area contributed by atoms with Crippen LogP contribution in [0.4, 0.5) is 0 Å². The summed E-state index contributed by atoms with van der Waals surface area (Å²) in [6.45, 7) is 0.664. The van der Waals surface area contributed by atoms with Gasteiger partial charge in [-0.15, -0.1) is 10.2 Å². The monoisotopic (exact) mass is 438 g/mol. The molecular weight excluding hydrogens is 416 g/mol. The zero-order valence-corrected chi connectivity index (χ0v) is 17.9. The standard InChI is InChI=1S/C26H22N4O3/c31-25(29-14-6-9-21(29)24-28-27-23-10-4-5-13-30(23)24)18-11-12-20-19(15-18)16-22(33-26(20)32)17-7-2-1-3-8-17/h1-5,7-8,10-13,15,21-22H,6,9,14,16H2/t21-,22-/m1/s1. The van der Waals surface area contributed by atoms with E-state index in [0.717, 1.165) is 35.4 Å². The number of amides is 1. The zero-order chi connectivity index (χ0) is 22.4. The van der Waals surface area contributed by atoms with Crippen LogP contribution >= 0.6 is 0 Å². The zero-order valence-electron chi connectivity index (χ0n) is 17.9. The molecule has 6 rings (SSSR count). The lowest BCUT2D eigenvalue weighted by molar-refractivity contribution is 0.0252. The third-order valence-corrected chi connectivity index (χ3v) is 6.55. The van der Waals surface area contributed by atoms with E-state index in [4.69, 9.17) is 4.74 Å². The first-order chi connectivity index (χ1) is 16.2. The van der Waals surface area contributed by atoms with Crippen molar-refractivity contribution in [2.24, 2.45) is 0 Å². The van der Waals surface area contributed by atoms with Crippen LogP contribution in [0.15, 0.2) is 72.9 Å². The molecule has 2 aliphatic rings. The van der Waals surface area contributed by atoms with E-state index in [1.54, 1.807) is 12.1 Å². The van der Waals surface area contributed by atoms with Crippen LogP contribution in [-0.2, 0) is 11.2 Å². The van der Waals surface area contributed by atoms with Gasteiger partial charge in [0.1, 0.15) is 6.10 Å². The van der Waals surface area contributed by atoms with Gasteiger partial charge in [0.15, 0.2) is 11.5 Å². The number of carbonyl (C=O) groups excluding carboxylic acids is 2. The molecule has 0 unspecified atom stereocenters. The van der Waals surface area contributed by atoms with Crippen molar-refractivity contribution in [3.63, 3.8) is 0 Å². The minimum Gasteiger partial charge on any atom is -0.454 e. The number of nitrogens with zero attached hydrogens (tertiary/aromatic N) is 4. The van der Waals surface area contributed by atoms with Gasteiger partial charge in [-0.25, -0.2) is 4.79 Å². The molecule has 1 amide bonds. The van der Waals surface area contributed by atoms with Crippen LogP contribution < -0.4 is 0 Å². The summed E-state index contributed by atoms with van der Waals surface area (Å²) in [4.78, 5) is 28.0. The lowest BCUT2D eigenvalue weighted by Crippen LogP contribution is -2.32. The van der Waals surface area contributed by atoms with Crippen molar-refractivity contribution >= 4 is 17.5 Å². The average Bonchev–Trinajstić information content (AvgIpc) is 3.50. The van der Waals surface area contributed by atoms with Crippen LogP contribution in [0.5, 0.6) is 0 Å². The number of hydrogen-bond acceptors (Lipinski definition) is 5. The number of carbonyl (C=O) groups is 2. The van der Waals surface area contributed by atoms with Crippen molar-refractivity contribution in [1.29, 1.82) is 0 Å². The van der Waals surface area contributed by atoms with Crippen LogP contribution in [-0.4, -0.2) is 37.9 Å².